The molecule has 0 radical (unpaired) electrons. The molecule has 0 fully saturated rings. The molecule has 10 nitrogen and oxygen atoms in total. The molecule has 6 heterocycles. The molecule has 0 unspecified atom stereocenters. The Morgan fingerprint density at radius 1 is 0.714 bits per heavy atom. The maximum atomic E-state index is 5.58. The lowest BCUT2D eigenvalue weighted by Crippen LogP contribution is -2.12. The van der Waals surface area contributed by atoms with Crippen LogP contribution in [0.5, 0.6) is 11.5 Å². The molecule has 0 atom stereocenters. The summed E-state index contributed by atoms with van der Waals surface area (Å²) in [6.07, 6.45) is 7.28. The van der Waals surface area contributed by atoms with Crippen LogP contribution in [-0.4, -0.2) is 41.9 Å². The molecule has 42 heavy (non-hydrogen) atoms. The van der Waals surface area contributed by atoms with Crippen molar-refractivity contribution in [2.45, 2.75) is 13.1 Å². The average Bonchev–Trinajstić information content (AvgIpc) is 3.79. The van der Waals surface area contributed by atoms with E-state index in [-0.39, 0.29) is 6.79 Å². The number of fused-ring (bicyclic) bond motifs is 3. The molecule has 8 rings (SSSR count). The largest absolute Gasteiger partial charge is 0.454 e. The molecule has 5 aromatic heterocycles. The van der Waals surface area contributed by atoms with Gasteiger partial charge in [0, 0.05) is 42.8 Å². The summed E-state index contributed by atoms with van der Waals surface area (Å²) in [4.78, 5) is 22.2. The van der Waals surface area contributed by atoms with E-state index in [1.165, 1.54) is 5.56 Å². The Morgan fingerprint density at radius 2 is 1.60 bits per heavy atom. The number of aromatic nitrogens is 7. The number of benzene rings is 2. The molecule has 0 spiro atoms. The van der Waals surface area contributed by atoms with Gasteiger partial charge >= 0.3 is 0 Å². The number of hydrogen-bond acceptors (Lipinski definition) is 8. The minimum atomic E-state index is 0.223. The van der Waals surface area contributed by atoms with Crippen LogP contribution in [0, 0.1) is 0 Å². The van der Waals surface area contributed by atoms with Gasteiger partial charge in [-0.2, -0.15) is 5.10 Å². The van der Waals surface area contributed by atoms with Crippen molar-refractivity contribution in [3.05, 3.63) is 103 Å². The molecule has 7 aromatic rings. The zero-order chi connectivity index (χ0) is 27.9. The van der Waals surface area contributed by atoms with Crippen molar-refractivity contribution in [1.82, 2.24) is 40.4 Å². The van der Waals surface area contributed by atoms with Crippen molar-refractivity contribution < 1.29 is 9.47 Å². The number of imidazole rings is 1. The second-order valence-corrected chi connectivity index (χ2v) is 10.1. The number of aromatic amines is 2. The Kier molecular flexibility index (Phi) is 5.82. The van der Waals surface area contributed by atoms with Crippen molar-refractivity contribution in [3.63, 3.8) is 0 Å². The predicted octanol–water partition coefficient (Wildman–Crippen LogP) is 5.64. The van der Waals surface area contributed by atoms with E-state index in [1.807, 2.05) is 60.9 Å². The predicted molar refractivity (Wildman–Crippen MR) is 159 cm³/mol. The smallest absolute Gasteiger partial charge is 0.231 e. The molecule has 1 aliphatic heterocycles. The van der Waals surface area contributed by atoms with Crippen LogP contribution in [0.15, 0.2) is 91.5 Å². The fourth-order valence-corrected chi connectivity index (χ4v) is 5.22. The van der Waals surface area contributed by atoms with Gasteiger partial charge in [0.2, 0.25) is 6.79 Å². The number of ether oxygens (including phenoxy) is 2. The number of rotatable bonds is 7. The summed E-state index contributed by atoms with van der Waals surface area (Å²) in [5.41, 5.74) is 9.63. The lowest BCUT2D eigenvalue weighted by molar-refractivity contribution is 0.174. The first-order valence-electron chi connectivity index (χ1n) is 13.6. The van der Waals surface area contributed by atoms with Gasteiger partial charge in [0.25, 0.3) is 0 Å². The van der Waals surface area contributed by atoms with Gasteiger partial charge in [-0.3, -0.25) is 15.1 Å². The molecule has 0 amide bonds. The lowest BCUT2D eigenvalue weighted by atomic mass is 10.1. The summed E-state index contributed by atoms with van der Waals surface area (Å²) >= 11 is 0. The van der Waals surface area contributed by atoms with Crippen LogP contribution in [0.4, 0.5) is 0 Å². The zero-order valence-corrected chi connectivity index (χ0v) is 22.3. The van der Waals surface area contributed by atoms with Crippen molar-refractivity contribution in [3.8, 4) is 45.4 Å². The number of nitrogens with one attached hydrogen (secondary N) is 3. The minimum absolute atomic E-state index is 0.223. The monoisotopic (exact) mass is 552 g/mol. The van der Waals surface area contributed by atoms with Crippen LogP contribution in [0.25, 0.3) is 56.0 Å². The maximum Gasteiger partial charge on any atom is 0.231 e. The number of nitrogens with zero attached hydrogens (tertiary/aromatic N) is 5. The molecule has 204 valence electrons. The maximum absolute atomic E-state index is 5.58. The summed E-state index contributed by atoms with van der Waals surface area (Å²) in [6.45, 7) is 1.71. The highest BCUT2D eigenvalue weighted by Gasteiger charge is 2.19. The zero-order valence-electron chi connectivity index (χ0n) is 22.3. The van der Waals surface area contributed by atoms with E-state index in [2.05, 4.69) is 48.7 Å². The van der Waals surface area contributed by atoms with Gasteiger partial charge < -0.3 is 19.8 Å². The normalized spacial score (nSPS) is 12.4. The van der Waals surface area contributed by atoms with Gasteiger partial charge in [0.1, 0.15) is 5.52 Å². The third kappa shape index (κ3) is 4.40. The number of hydrogen-bond donors (Lipinski definition) is 3. The highest BCUT2D eigenvalue weighted by atomic mass is 16.7. The highest BCUT2D eigenvalue weighted by molar-refractivity contribution is 5.96. The van der Waals surface area contributed by atoms with E-state index in [0.717, 1.165) is 62.3 Å². The minimum Gasteiger partial charge on any atom is -0.454 e. The Morgan fingerprint density at radius 3 is 2.55 bits per heavy atom. The topological polar surface area (TPSA) is 127 Å². The van der Waals surface area contributed by atoms with Crippen molar-refractivity contribution in [1.29, 1.82) is 0 Å². The van der Waals surface area contributed by atoms with Crippen molar-refractivity contribution in [2.24, 2.45) is 0 Å². The van der Waals surface area contributed by atoms with E-state index in [4.69, 9.17) is 19.4 Å². The van der Waals surface area contributed by atoms with Crippen LogP contribution >= 0.6 is 0 Å². The summed E-state index contributed by atoms with van der Waals surface area (Å²) in [6, 6.07) is 22.2. The van der Waals surface area contributed by atoms with Crippen LogP contribution in [0.1, 0.15) is 11.1 Å². The quantitative estimate of drug-likeness (QED) is 0.232. The lowest BCUT2D eigenvalue weighted by Gasteiger charge is -2.07. The molecule has 0 bridgehead atoms. The van der Waals surface area contributed by atoms with Crippen LogP contribution in [0.3, 0.4) is 0 Å². The summed E-state index contributed by atoms with van der Waals surface area (Å²) in [7, 11) is 0. The SMILES string of the molecule is c1ccc(CNCc2cncc(-c3ccc4[nH]nc(-c5nc6c(-c7ccc8c(c7)OCO8)cncc6[nH]5)c4n3)c2)cc1. The van der Waals surface area contributed by atoms with Gasteiger partial charge in [-0.1, -0.05) is 36.4 Å². The Bertz CT molecular complexity index is 2070. The van der Waals surface area contributed by atoms with E-state index in [0.29, 0.717) is 23.8 Å². The highest BCUT2D eigenvalue weighted by Crippen LogP contribution is 2.38. The van der Waals surface area contributed by atoms with Gasteiger partial charge in [0.15, 0.2) is 23.0 Å². The Balaban J connectivity index is 1.11. The van der Waals surface area contributed by atoms with Crippen LogP contribution < -0.4 is 14.8 Å². The number of pyridine rings is 3. The molecule has 3 N–H and O–H groups in total. The van der Waals surface area contributed by atoms with Crippen molar-refractivity contribution >= 4 is 22.1 Å². The Labute approximate surface area is 239 Å². The first-order chi connectivity index (χ1) is 20.8. The average molecular weight is 553 g/mol. The molecule has 1 aliphatic rings. The van der Waals surface area contributed by atoms with Gasteiger partial charge in [0.05, 0.1) is 28.4 Å². The van der Waals surface area contributed by atoms with E-state index < -0.39 is 0 Å². The summed E-state index contributed by atoms with van der Waals surface area (Å²) in [5.74, 6) is 2.05. The molecule has 2 aromatic carbocycles. The fraction of sp³-hybridized carbons (Fsp3) is 0.0938. The first-order valence-corrected chi connectivity index (χ1v) is 13.6. The summed E-state index contributed by atoms with van der Waals surface area (Å²) < 4.78 is 11.0. The standard InChI is InChI=1S/C32H24N8O2/c1-2-4-19(5-3-1)12-33-13-20-10-22(15-34-14-20)24-7-8-25-30(36-24)31(40-39-25)32-37-26-17-35-16-23(29(26)38-32)21-6-9-27-28(11-21)42-18-41-27/h1-11,14-17,33H,12-13,18H2,(H,37,38)(H,39,40). The summed E-state index contributed by atoms with van der Waals surface area (Å²) in [5, 5.41) is 11.2. The van der Waals surface area contributed by atoms with E-state index in [9.17, 15) is 0 Å². The van der Waals surface area contributed by atoms with E-state index in [1.54, 1.807) is 12.4 Å². The molecular weight excluding hydrogens is 528 g/mol. The second-order valence-electron chi connectivity index (χ2n) is 10.1. The second kappa shape index (κ2) is 10.1. The van der Waals surface area contributed by atoms with Gasteiger partial charge in [-0.15, -0.1) is 0 Å². The molecular formula is C32H24N8O2. The van der Waals surface area contributed by atoms with Gasteiger partial charge in [-0.25, -0.2) is 9.97 Å². The third-order valence-electron chi connectivity index (χ3n) is 7.30. The van der Waals surface area contributed by atoms with Crippen LogP contribution in [-0.2, 0) is 13.1 Å². The fourth-order valence-electron chi connectivity index (χ4n) is 5.22. The molecule has 0 aliphatic carbocycles. The molecule has 10 heteroatoms. The third-order valence-corrected chi connectivity index (χ3v) is 7.30. The van der Waals surface area contributed by atoms with Gasteiger partial charge in [-0.05, 0) is 47.0 Å². The first kappa shape index (κ1) is 24.2. The van der Waals surface area contributed by atoms with Crippen LogP contribution in [0.2, 0.25) is 0 Å². The Hall–Kier alpha value is -5.61. The van der Waals surface area contributed by atoms with Crippen molar-refractivity contribution in [2.75, 3.05) is 6.79 Å². The molecule has 0 saturated heterocycles. The number of H-pyrrole nitrogens is 2. The van der Waals surface area contributed by atoms with E-state index >= 15 is 0 Å². The molecule has 0 saturated carbocycles.